The van der Waals surface area contributed by atoms with Crippen molar-refractivity contribution < 1.29 is 0 Å². The Labute approximate surface area is 78.4 Å². The molecule has 1 N–H and O–H groups in total. The van der Waals surface area contributed by atoms with Crippen molar-refractivity contribution in [1.29, 1.82) is 0 Å². The molecule has 1 aromatic heterocycles. The van der Waals surface area contributed by atoms with Crippen LogP contribution >= 0.6 is 0 Å². The van der Waals surface area contributed by atoms with E-state index in [1.807, 2.05) is 12.3 Å². The van der Waals surface area contributed by atoms with Gasteiger partial charge in [0.15, 0.2) is 0 Å². The maximum Gasteiger partial charge on any atom is 0.0450 e. The quantitative estimate of drug-likeness (QED) is 0.700. The van der Waals surface area contributed by atoms with Crippen LogP contribution in [-0.4, -0.2) is 17.1 Å². The van der Waals surface area contributed by atoms with Gasteiger partial charge in [0.2, 0.25) is 0 Å². The third-order valence-electron chi connectivity index (χ3n) is 3.37. The van der Waals surface area contributed by atoms with Crippen molar-refractivity contribution in [1.82, 2.24) is 10.3 Å². The summed E-state index contributed by atoms with van der Waals surface area (Å²) >= 11 is 0. The van der Waals surface area contributed by atoms with Gasteiger partial charge in [0.05, 0.1) is 0 Å². The molecule has 2 aliphatic heterocycles. The molecule has 2 heteroatoms. The molecule has 2 fully saturated rings. The van der Waals surface area contributed by atoms with Gasteiger partial charge in [0, 0.05) is 29.9 Å². The fourth-order valence-electron chi connectivity index (χ4n) is 2.75. The largest absolute Gasteiger partial charge is 0.311 e. The predicted octanol–water partition coefficient (Wildman–Crippen LogP) is 1.69. The molecule has 0 saturated carbocycles. The van der Waals surface area contributed by atoms with E-state index in [4.69, 9.17) is 0 Å². The van der Waals surface area contributed by atoms with Gasteiger partial charge in [-0.1, -0.05) is 6.07 Å². The zero-order chi connectivity index (χ0) is 8.67. The van der Waals surface area contributed by atoms with Crippen molar-refractivity contribution in [3.63, 3.8) is 0 Å². The minimum absolute atomic E-state index is 0.681. The predicted molar refractivity (Wildman–Crippen MR) is 51.5 cm³/mol. The summed E-state index contributed by atoms with van der Waals surface area (Å²) in [4.78, 5) is 4.44. The number of rotatable bonds is 1. The molecule has 2 bridgehead atoms. The van der Waals surface area contributed by atoms with Gasteiger partial charge in [0.25, 0.3) is 0 Å². The zero-order valence-corrected chi connectivity index (χ0v) is 7.61. The van der Waals surface area contributed by atoms with E-state index >= 15 is 0 Å². The van der Waals surface area contributed by atoms with Gasteiger partial charge >= 0.3 is 0 Å². The van der Waals surface area contributed by atoms with E-state index in [-0.39, 0.29) is 0 Å². The van der Waals surface area contributed by atoms with Crippen LogP contribution in [-0.2, 0) is 0 Å². The highest BCUT2D eigenvalue weighted by Gasteiger charge is 2.40. The number of pyridine rings is 1. The first-order valence-corrected chi connectivity index (χ1v) is 5.10. The average molecular weight is 174 g/mol. The molecule has 68 valence electrons. The highest BCUT2D eigenvalue weighted by atomic mass is 15.0. The summed E-state index contributed by atoms with van der Waals surface area (Å²) in [5.41, 5.74) is 1.28. The zero-order valence-electron chi connectivity index (χ0n) is 7.61. The molecule has 13 heavy (non-hydrogen) atoms. The van der Waals surface area contributed by atoms with Crippen LogP contribution < -0.4 is 5.32 Å². The first-order valence-electron chi connectivity index (χ1n) is 5.10. The van der Waals surface area contributed by atoms with Crippen LogP contribution in [0.2, 0.25) is 0 Å². The Kier molecular flexibility index (Phi) is 1.62. The average Bonchev–Trinajstić information content (AvgIpc) is 2.80. The van der Waals surface area contributed by atoms with Gasteiger partial charge in [-0.15, -0.1) is 0 Å². The third-order valence-corrected chi connectivity index (χ3v) is 3.37. The molecule has 2 saturated heterocycles. The number of hydrogen-bond acceptors (Lipinski definition) is 2. The van der Waals surface area contributed by atoms with Crippen molar-refractivity contribution >= 4 is 0 Å². The highest BCUT2D eigenvalue weighted by Crippen LogP contribution is 2.38. The SMILES string of the molecule is c1ccc([C@@H]2C[C@H]3CC[C@@H]2N3)nc1. The molecular formula is C11H14N2. The number of aromatic nitrogens is 1. The van der Waals surface area contributed by atoms with E-state index in [1.165, 1.54) is 25.0 Å². The van der Waals surface area contributed by atoms with Crippen LogP contribution in [0.25, 0.3) is 0 Å². The molecule has 0 spiro atoms. The van der Waals surface area contributed by atoms with Gasteiger partial charge in [-0.05, 0) is 31.4 Å². The normalized spacial score (nSPS) is 36.8. The maximum atomic E-state index is 4.44. The molecule has 0 radical (unpaired) electrons. The minimum Gasteiger partial charge on any atom is -0.311 e. The van der Waals surface area contributed by atoms with Crippen LogP contribution in [0.3, 0.4) is 0 Å². The van der Waals surface area contributed by atoms with E-state index in [1.54, 1.807) is 0 Å². The van der Waals surface area contributed by atoms with E-state index in [2.05, 4.69) is 22.4 Å². The van der Waals surface area contributed by atoms with E-state index in [0.717, 1.165) is 6.04 Å². The third kappa shape index (κ3) is 1.17. The molecule has 3 rings (SSSR count). The number of hydrogen-bond donors (Lipinski definition) is 1. The van der Waals surface area contributed by atoms with Gasteiger partial charge < -0.3 is 5.32 Å². The lowest BCUT2D eigenvalue weighted by Gasteiger charge is -2.18. The first-order chi connectivity index (χ1) is 6.43. The topological polar surface area (TPSA) is 24.9 Å². The molecular weight excluding hydrogens is 160 g/mol. The summed E-state index contributed by atoms with van der Waals surface area (Å²) < 4.78 is 0. The Morgan fingerprint density at radius 2 is 2.31 bits per heavy atom. The molecule has 0 amide bonds. The highest BCUT2D eigenvalue weighted by molar-refractivity contribution is 5.17. The molecule has 0 unspecified atom stereocenters. The summed E-state index contributed by atoms with van der Waals surface area (Å²) in [7, 11) is 0. The van der Waals surface area contributed by atoms with Crippen LogP contribution in [0.4, 0.5) is 0 Å². The van der Waals surface area contributed by atoms with E-state index < -0.39 is 0 Å². The number of fused-ring (bicyclic) bond motifs is 2. The van der Waals surface area contributed by atoms with Crippen molar-refractivity contribution in [2.24, 2.45) is 0 Å². The number of nitrogens with zero attached hydrogens (tertiary/aromatic N) is 1. The second-order valence-electron chi connectivity index (χ2n) is 4.14. The molecule has 3 heterocycles. The van der Waals surface area contributed by atoms with Gasteiger partial charge in [-0.2, -0.15) is 0 Å². The molecule has 3 atom stereocenters. The minimum atomic E-state index is 0.681. The molecule has 0 aliphatic carbocycles. The maximum absolute atomic E-state index is 4.44. The first kappa shape index (κ1) is 7.51. The summed E-state index contributed by atoms with van der Waals surface area (Å²) in [6.45, 7) is 0. The Hall–Kier alpha value is -0.890. The van der Waals surface area contributed by atoms with E-state index in [0.29, 0.717) is 12.0 Å². The lowest BCUT2D eigenvalue weighted by molar-refractivity contribution is 0.497. The second-order valence-corrected chi connectivity index (χ2v) is 4.14. The van der Waals surface area contributed by atoms with Gasteiger partial charge in [-0.3, -0.25) is 4.98 Å². The Morgan fingerprint density at radius 3 is 2.92 bits per heavy atom. The van der Waals surface area contributed by atoms with Crippen LogP contribution in [0.1, 0.15) is 30.9 Å². The second kappa shape index (κ2) is 2.81. The van der Waals surface area contributed by atoms with Crippen LogP contribution in [0.15, 0.2) is 24.4 Å². The standard InChI is InChI=1S/C11H14N2/c1-2-6-12-10(3-1)9-7-8-4-5-11(9)13-8/h1-3,6,8-9,11,13H,4-5,7H2/t8-,9+,11+/m1/s1. The number of nitrogens with one attached hydrogen (secondary N) is 1. The summed E-state index contributed by atoms with van der Waals surface area (Å²) in [6.07, 6.45) is 5.91. The van der Waals surface area contributed by atoms with Gasteiger partial charge in [0.1, 0.15) is 0 Å². The fraction of sp³-hybridized carbons (Fsp3) is 0.545. The lowest BCUT2D eigenvalue weighted by atomic mass is 9.86. The summed E-state index contributed by atoms with van der Waals surface area (Å²) in [5, 5.41) is 3.64. The van der Waals surface area contributed by atoms with Crippen molar-refractivity contribution in [3.8, 4) is 0 Å². The molecule has 0 aromatic carbocycles. The fourth-order valence-corrected chi connectivity index (χ4v) is 2.75. The summed E-state index contributed by atoms with van der Waals surface area (Å²) in [6, 6.07) is 7.72. The van der Waals surface area contributed by atoms with Crippen LogP contribution in [0, 0.1) is 0 Å². The van der Waals surface area contributed by atoms with Gasteiger partial charge in [-0.25, -0.2) is 0 Å². The molecule has 2 nitrogen and oxygen atoms in total. The lowest BCUT2D eigenvalue weighted by Crippen LogP contribution is -2.21. The van der Waals surface area contributed by atoms with Crippen molar-refractivity contribution in [3.05, 3.63) is 30.1 Å². The molecule has 1 aromatic rings. The Morgan fingerprint density at radius 1 is 1.31 bits per heavy atom. The van der Waals surface area contributed by atoms with Crippen LogP contribution in [0.5, 0.6) is 0 Å². The van der Waals surface area contributed by atoms with Crippen molar-refractivity contribution in [2.75, 3.05) is 0 Å². The molecule has 2 aliphatic rings. The van der Waals surface area contributed by atoms with E-state index in [9.17, 15) is 0 Å². The smallest absolute Gasteiger partial charge is 0.0450 e. The van der Waals surface area contributed by atoms with Crippen molar-refractivity contribution in [2.45, 2.75) is 37.3 Å². The monoisotopic (exact) mass is 174 g/mol. The Balaban J connectivity index is 1.87. The Bertz CT molecular complexity index is 296. The summed E-state index contributed by atoms with van der Waals surface area (Å²) in [5.74, 6) is 0.681.